The number of hydrogen-bond donors (Lipinski definition) is 0. The largest absolute Gasteiger partial charge is 0.497 e. The molecular weight excluding hydrogens is 372 g/mol. The first-order valence-corrected chi connectivity index (χ1v) is 11.1. The molecule has 2 fully saturated rings. The molecule has 2 aliphatic heterocycles. The maximum absolute atomic E-state index is 5.60. The van der Waals surface area contributed by atoms with Crippen molar-refractivity contribution in [3.05, 3.63) is 18.2 Å². The summed E-state index contributed by atoms with van der Waals surface area (Å²) in [6.45, 7) is 4.76. The van der Waals surface area contributed by atoms with Gasteiger partial charge in [0.1, 0.15) is 17.1 Å². The molecule has 0 amide bonds. The number of benzene rings is 1. The van der Waals surface area contributed by atoms with Gasteiger partial charge in [-0.3, -0.25) is 0 Å². The molecule has 2 saturated heterocycles. The van der Waals surface area contributed by atoms with Crippen LogP contribution in [0.2, 0.25) is 0 Å². The van der Waals surface area contributed by atoms with Gasteiger partial charge in [0.15, 0.2) is 7.05 Å². The van der Waals surface area contributed by atoms with Crippen LogP contribution in [0.5, 0.6) is 11.5 Å². The van der Waals surface area contributed by atoms with E-state index >= 15 is 0 Å². The van der Waals surface area contributed by atoms with Crippen molar-refractivity contribution in [1.82, 2.24) is 10.00 Å². The number of ether oxygens (including phenoxy) is 2. The van der Waals surface area contributed by atoms with Crippen LogP contribution in [0.25, 0.3) is 10.6 Å². The second kappa shape index (κ2) is 8.66. The highest BCUT2D eigenvalue weighted by molar-refractivity contribution is 7.18. The van der Waals surface area contributed by atoms with Gasteiger partial charge in [-0.2, -0.15) is 0 Å². The molecule has 1 aromatic heterocycles. The molecule has 0 saturated carbocycles. The first-order valence-electron chi connectivity index (χ1n) is 10.3. The highest BCUT2D eigenvalue weighted by atomic mass is 32.1. The average Bonchev–Trinajstić information content (AvgIpc) is 3.15. The van der Waals surface area contributed by atoms with Crippen molar-refractivity contribution in [2.24, 2.45) is 7.05 Å². The van der Waals surface area contributed by atoms with Gasteiger partial charge in [-0.25, -0.2) is 0 Å². The summed E-state index contributed by atoms with van der Waals surface area (Å²) in [5.41, 5.74) is 1.05. The van der Waals surface area contributed by atoms with Crippen LogP contribution in [0.3, 0.4) is 0 Å². The predicted octanol–water partition coefficient (Wildman–Crippen LogP) is 3.11. The first kappa shape index (κ1) is 19.5. The van der Waals surface area contributed by atoms with E-state index in [2.05, 4.69) is 15.9 Å². The fourth-order valence-corrected chi connectivity index (χ4v) is 5.48. The van der Waals surface area contributed by atoms with Crippen molar-refractivity contribution in [2.45, 2.75) is 38.1 Å². The molecule has 0 spiro atoms. The minimum atomic E-state index is 0.756. The standard InChI is InChI=1S/C21H31N4O2S/c1-23-20(18-8-7-17(26-2)15-19(18)27-3)28-21(22-23)25-13-9-16(10-14-25)24-11-5-4-6-12-24/h7-8,15-16H,4-6,9-14H2,1-3H3/q+1. The van der Waals surface area contributed by atoms with E-state index in [9.17, 15) is 0 Å². The Morgan fingerprint density at radius 1 is 1.04 bits per heavy atom. The molecule has 28 heavy (non-hydrogen) atoms. The van der Waals surface area contributed by atoms with Gasteiger partial charge in [0.05, 0.1) is 14.2 Å². The Hall–Kier alpha value is -1.86. The zero-order chi connectivity index (χ0) is 19.5. The van der Waals surface area contributed by atoms with Crippen molar-refractivity contribution in [3.63, 3.8) is 0 Å². The second-order valence-corrected chi connectivity index (χ2v) is 8.65. The topological polar surface area (TPSA) is 41.7 Å². The molecule has 0 radical (unpaired) electrons. The lowest BCUT2D eigenvalue weighted by Crippen LogP contribution is -2.47. The van der Waals surface area contributed by atoms with Crippen LogP contribution in [0.4, 0.5) is 5.13 Å². The van der Waals surface area contributed by atoms with E-state index in [4.69, 9.17) is 14.6 Å². The number of nitrogens with zero attached hydrogens (tertiary/aromatic N) is 4. The Morgan fingerprint density at radius 2 is 1.79 bits per heavy atom. The molecule has 1 aromatic carbocycles. The van der Waals surface area contributed by atoms with Gasteiger partial charge >= 0.3 is 5.01 Å². The quantitative estimate of drug-likeness (QED) is 0.718. The van der Waals surface area contributed by atoms with Crippen molar-refractivity contribution >= 4 is 16.5 Å². The molecule has 3 heterocycles. The Balaban J connectivity index is 1.48. The van der Waals surface area contributed by atoms with E-state index in [1.807, 2.05) is 23.9 Å². The van der Waals surface area contributed by atoms with Crippen molar-refractivity contribution in [1.29, 1.82) is 0 Å². The molecule has 2 aliphatic rings. The van der Waals surface area contributed by atoms with Gasteiger partial charge in [-0.15, -0.1) is 0 Å². The van der Waals surface area contributed by atoms with Crippen LogP contribution in [-0.2, 0) is 7.05 Å². The van der Waals surface area contributed by atoms with Gasteiger partial charge in [-0.1, -0.05) is 11.1 Å². The zero-order valence-electron chi connectivity index (χ0n) is 17.2. The van der Waals surface area contributed by atoms with Crippen molar-refractivity contribution in [2.75, 3.05) is 45.3 Å². The lowest BCUT2D eigenvalue weighted by atomic mass is 10.0. The van der Waals surface area contributed by atoms with E-state index in [0.29, 0.717) is 0 Å². The summed E-state index contributed by atoms with van der Waals surface area (Å²) in [6.07, 6.45) is 6.63. The maximum Gasteiger partial charge on any atom is 0.301 e. The van der Waals surface area contributed by atoms with Gasteiger partial charge < -0.3 is 19.3 Å². The molecule has 0 unspecified atom stereocenters. The monoisotopic (exact) mass is 403 g/mol. The number of methoxy groups -OCH3 is 2. The number of anilines is 1. The zero-order valence-corrected chi connectivity index (χ0v) is 18.0. The fraction of sp³-hybridized carbons (Fsp3) is 0.619. The third kappa shape index (κ3) is 3.96. The molecule has 6 nitrogen and oxygen atoms in total. The third-order valence-corrected chi connectivity index (χ3v) is 7.20. The van der Waals surface area contributed by atoms with Crippen molar-refractivity contribution < 1.29 is 14.2 Å². The van der Waals surface area contributed by atoms with E-state index in [0.717, 1.165) is 46.3 Å². The number of rotatable bonds is 5. The summed E-state index contributed by atoms with van der Waals surface area (Å²) < 4.78 is 12.9. The fourth-order valence-electron chi connectivity index (χ4n) is 4.38. The first-order chi connectivity index (χ1) is 13.7. The lowest BCUT2D eigenvalue weighted by Gasteiger charge is -2.39. The number of piperidine rings is 2. The minimum absolute atomic E-state index is 0.756. The summed E-state index contributed by atoms with van der Waals surface area (Å²) in [4.78, 5) is 5.17. The van der Waals surface area contributed by atoms with Crippen molar-refractivity contribution in [3.8, 4) is 22.1 Å². The predicted molar refractivity (Wildman–Crippen MR) is 112 cm³/mol. The average molecular weight is 404 g/mol. The summed E-state index contributed by atoms with van der Waals surface area (Å²) in [6, 6.07) is 6.71. The SMILES string of the molecule is COc1ccc(-c2sc(N3CCC(N4CCCCC4)CC3)n[n+]2C)c(OC)c1. The molecule has 7 heteroatoms. The molecule has 4 rings (SSSR count). The summed E-state index contributed by atoms with van der Waals surface area (Å²) in [5, 5.41) is 7.04. The van der Waals surface area contributed by atoms with Gasteiger partial charge in [-0.05, 0) is 62.2 Å². The van der Waals surface area contributed by atoms with E-state index in [1.165, 1.54) is 45.2 Å². The van der Waals surface area contributed by atoms with Gasteiger partial charge in [0.2, 0.25) is 0 Å². The van der Waals surface area contributed by atoms with Crippen LogP contribution in [0.15, 0.2) is 18.2 Å². The summed E-state index contributed by atoms with van der Waals surface area (Å²) >= 11 is 1.74. The highest BCUT2D eigenvalue weighted by Gasteiger charge is 2.30. The lowest BCUT2D eigenvalue weighted by molar-refractivity contribution is -0.714. The Kier molecular flexibility index (Phi) is 6.01. The number of aromatic nitrogens is 2. The van der Waals surface area contributed by atoms with Crippen LogP contribution >= 0.6 is 11.3 Å². The van der Waals surface area contributed by atoms with Crippen LogP contribution in [-0.4, -0.2) is 56.4 Å². The van der Waals surface area contributed by atoms with E-state index in [-0.39, 0.29) is 0 Å². The molecular formula is C21H31N4O2S+. The molecule has 0 N–H and O–H groups in total. The van der Waals surface area contributed by atoms with Crippen LogP contribution < -0.4 is 19.1 Å². The maximum atomic E-state index is 5.60. The normalized spacial score (nSPS) is 19.0. The molecule has 0 bridgehead atoms. The Bertz CT molecular complexity index is 796. The molecule has 152 valence electrons. The smallest absolute Gasteiger partial charge is 0.301 e. The second-order valence-electron chi connectivity index (χ2n) is 7.69. The highest BCUT2D eigenvalue weighted by Crippen LogP contribution is 2.36. The van der Waals surface area contributed by atoms with Gasteiger partial charge in [0.25, 0.3) is 5.13 Å². The Morgan fingerprint density at radius 3 is 2.46 bits per heavy atom. The van der Waals surface area contributed by atoms with E-state index in [1.54, 1.807) is 25.6 Å². The molecule has 0 atom stereocenters. The number of likely N-dealkylation sites (tertiary alicyclic amines) is 1. The summed E-state index contributed by atoms with van der Waals surface area (Å²) in [7, 11) is 5.39. The minimum Gasteiger partial charge on any atom is -0.497 e. The van der Waals surface area contributed by atoms with Crippen LogP contribution in [0.1, 0.15) is 32.1 Å². The number of aryl methyl sites for hydroxylation is 1. The molecule has 0 aliphatic carbocycles. The third-order valence-electron chi connectivity index (χ3n) is 6.00. The Labute approximate surface area is 171 Å². The van der Waals surface area contributed by atoms with Gasteiger partial charge in [0, 0.05) is 30.3 Å². The molecule has 2 aromatic rings. The summed E-state index contributed by atoms with van der Waals surface area (Å²) in [5.74, 6) is 1.61. The van der Waals surface area contributed by atoms with Crippen LogP contribution in [0, 0.1) is 0 Å². The number of hydrogen-bond acceptors (Lipinski definition) is 6. The van der Waals surface area contributed by atoms with E-state index < -0.39 is 0 Å².